The van der Waals surface area contributed by atoms with Gasteiger partial charge in [0, 0.05) is 5.39 Å². The van der Waals surface area contributed by atoms with Crippen LogP contribution in [0.1, 0.15) is 11.1 Å². The minimum atomic E-state index is -0.286. The summed E-state index contributed by atoms with van der Waals surface area (Å²) in [4.78, 5) is 0. The minimum Gasteiger partial charge on any atom is -0.205 e. The van der Waals surface area contributed by atoms with E-state index in [0.717, 1.165) is 10.8 Å². The summed E-state index contributed by atoms with van der Waals surface area (Å²) in [5.74, 6) is -0.286. The van der Waals surface area contributed by atoms with Crippen LogP contribution in [0.3, 0.4) is 0 Å². The lowest BCUT2D eigenvalue weighted by Crippen LogP contribution is -1.95. The normalized spacial score (nSPS) is 10.3. The first-order valence-electron chi connectivity index (χ1n) is 4.43. The third-order valence-corrected chi connectivity index (χ3v) is 3.47. The van der Waals surface area contributed by atoms with Crippen LogP contribution < -0.4 is 0 Å². The lowest BCUT2D eigenvalue weighted by molar-refractivity contribution is 0.613. The van der Waals surface area contributed by atoms with Crippen molar-refractivity contribution < 1.29 is 4.39 Å². The third kappa shape index (κ3) is 1.49. The Kier molecular flexibility index (Phi) is 2.61. The number of hydrogen-bond acceptors (Lipinski definition) is 1. The van der Waals surface area contributed by atoms with Crippen molar-refractivity contribution in [3.05, 3.63) is 44.8 Å². The molecule has 0 N–H and O–H groups in total. The number of fused-ring (bicyclic) bond motifs is 1. The van der Waals surface area contributed by atoms with E-state index in [0.29, 0.717) is 14.7 Å². The van der Waals surface area contributed by atoms with Crippen LogP contribution in [0.15, 0.2) is 24.3 Å². The molecule has 0 saturated carbocycles. The molecule has 0 spiro atoms. The minimum absolute atomic E-state index is 0.286. The molecule has 0 bridgehead atoms. The Morgan fingerprint density at radius 1 is 1.27 bits per heavy atom. The standard InChI is InChI=1S/C12H7FIN/c1-7-8-4-2-3-5-9(8)10(6-15)12(14)11(7)13/h2-5H,1H3. The van der Waals surface area contributed by atoms with Crippen molar-refractivity contribution in [2.24, 2.45) is 0 Å². The summed E-state index contributed by atoms with van der Waals surface area (Å²) < 4.78 is 14.2. The Hall–Kier alpha value is -1.15. The predicted octanol–water partition coefficient (Wildman–Crippen LogP) is 3.76. The van der Waals surface area contributed by atoms with Gasteiger partial charge < -0.3 is 0 Å². The fraction of sp³-hybridized carbons (Fsp3) is 0.0833. The highest BCUT2D eigenvalue weighted by Crippen LogP contribution is 2.29. The zero-order valence-corrected chi connectivity index (χ0v) is 10.2. The zero-order chi connectivity index (χ0) is 11.0. The molecule has 0 aliphatic heterocycles. The van der Waals surface area contributed by atoms with Gasteiger partial charge in [-0.2, -0.15) is 5.26 Å². The number of nitriles is 1. The van der Waals surface area contributed by atoms with Gasteiger partial charge in [-0.05, 0) is 40.5 Å². The SMILES string of the molecule is Cc1c(F)c(I)c(C#N)c2ccccc12. The number of rotatable bonds is 0. The molecule has 1 nitrogen and oxygen atoms in total. The number of hydrogen-bond donors (Lipinski definition) is 0. The second-order valence-electron chi connectivity index (χ2n) is 3.29. The largest absolute Gasteiger partial charge is 0.205 e. The highest BCUT2D eigenvalue weighted by molar-refractivity contribution is 14.1. The molecule has 0 aliphatic rings. The molecule has 2 rings (SSSR count). The molecule has 0 heterocycles. The summed E-state index contributed by atoms with van der Waals surface area (Å²) in [6.45, 7) is 1.74. The van der Waals surface area contributed by atoms with Crippen molar-refractivity contribution in [1.29, 1.82) is 5.26 Å². The molecule has 0 fully saturated rings. The van der Waals surface area contributed by atoms with Gasteiger partial charge in [-0.25, -0.2) is 4.39 Å². The van der Waals surface area contributed by atoms with Gasteiger partial charge in [0.15, 0.2) is 0 Å². The van der Waals surface area contributed by atoms with Crippen LogP contribution in [-0.4, -0.2) is 0 Å². The second-order valence-corrected chi connectivity index (χ2v) is 4.36. The molecule has 0 unspecified atom stereocenters. The van der Waals surface area contributed by atoms with Crippen LogP contribution in [0.5, 0.6) is 0 Å². The van der Waals surface area contributed by atoms with Crippen molar-refractivity contribution in [1.82, 2.24) is 0 Å². The molecule has 0 saturated heterocycles. The Morgan fingerprint density at radius 3 is 2.47 bits per heavy atom. The Morgan fingerprint density at radius 2 is 1.87 bits per heavy atom. The molecule has 74 valence electrons. The van der Waals surface area contributed by atoms with E-state index in [9.17, 15) is 4.39 Å². The van der Waals surface area contributed by atoms with Crippen LogP contribution >= 0.6 is 22.6 Å². The van der Waals surface area contributed by atoms with Gasteiger partial charge in [-0.1, -0.05) is 24.3 Å². The van der Waals surface area contributed by atoms with Crippen molar-refractivity contribution in [2.45, 2.75) is 6.92 Å². The predicted molar refractivity (Wildman–Crippen MR) is 66.1 cm³/mol. The van der Waals surface area contributed by atoms with Gasteiger partial charge in [0.1, 0.15) is 11.9 Å². The first kappa shape index (κ1) is 10.4. The van der Waals surface area contributed by atoms with Crippen LogP contribution in [0, 0.1) is 27.6 Å². The van der Waals surface area contributed by atoms with E-state index < -0.39 is 0 Å². The lowest BCUT2D eigenvalue weighted by atomic mass is 10.0. The molecule has 0 aliphatic carbocycles. The van der Waals surface area contributed by atoms with Crippen molar-refractivity contribution in [2.75, 3.05) is 0 Å². The van der Waals surface area contributed by atoms with Crippen LogP contribution in [0.4, 0.5) is 4.39 Å². The molecule has 2 aromatic carbocycles. The van der Waals surface area contributed by atoms with Crippen molar-refractivity contribution in [3.63, 3.8) is 0 Å². The summed E-state index contributed by atoms with van der Waals surface area (Å²) in [6, 6.07) is 9.45. The quantitative estimate of drug-likeness (QED) is 0.680. The zero-order valence-electron chi connectivity index (χ0n) is 8.01. The van der Waals surface area contributed by atoms with Crippen molar-refractivity contribution in [3.8, 4) is 6.07 Å². The summed E-state index contributed by atoms with van der Waals surface area (Å²) >= 11 is 1.88. The van der Waals surface area contributed by atoms with E-state index >= 15 is 0 Å². The monoisotopic (exact) mass is 311 g/mol. The van der Waals surface area contributed by atoms with E-state index in [1.165, 1.54) is 0 Å². The first-order valence-corrected chi connectivity index (χ1v) is 5.51. The Bertz CT molecular complexity index is 584. The number of aryl methyl sites for hydroxylation is 1. The highest BCUT2D eigenvalue weighted by Gasteiger charge is 2.14. The summed E-state index contributed by atoms with van der Waals surface area (Å²) in [6.07, 6.45) is 0. The van der Waals surface area contributed by atoms with Gasteiger partial charge in [0.05, 0.1) is 9.13 Å². The molecule has 15 heavy (non-hydrogen) atoms. The average Bonchev–Trinajstić information content (AvgIpc) is 2.27. The van der Waals surface area contributed by atoms with Gasteiger partial charge in [-0.15, -0.1) is 0 Å². The molecular weight excluding hydrogens is 304 g/mol. The Labute approximate surface area is 101 Å². The van der Waals surface area contributed by atoms with Gasteiger partial charge in [0.2, 0.25) is 0 Å². The molecule has 3 heteroatoms. The van der Waals surface area contributed by atoms with Crippen LogP contribution in [-0.2, 0) is 0 Å². The number of halogens is 2. The van der Waals surface area contributed by atoms with Crippen LogP contribution in [0.25, 0.3) is 10.8 Å². The maximum absolute atomic E-state index is 13.7. The van der Waals surface area contributed by atoms with E-state index in [2.05, 4.69) is 6.07 Å². The summed E-state index contributed by atoms with van der Waals surface area (Å²) in [5.41, 5.74) is 1.03. The summed E-state index contributed by atoms with van der Waals surface area (Å²) in [5, 5.41) is 10.6. The van der Waals surface area contributed by atoms with E-state index in [-0.39, 0.29) is 5.82 Å². The van der Waals surface area contributed by atoms with Gasteiger partial charge >= 0.3 is 0 Å². The van der Waals surface area contributed by atoms with E-state index in [1.807, 2.05) is 46.9 Å². The fourth-order valence-corrected chi connectivity index (χ4v) is 2.46. The van der Waals surface area contributed by atoms with Crippen LogP contribution in [0.2, 0.25) is 0 Å². The Balaban J connectivity index is 3.06. The topological polar surface area (TPSA) is 23.8 Å². The molecule has 0 atom stereocenters. The maximum Gasteiger partial charge on any atom is 0.141 e. The fourth-order valence-electron chi connectivity index (χ4n) is 1.65. The van der Waals surface area contributed by atoms with E-state index in [4.69, 9.17) is 5.26 Å². The lowest BCUT2D eigenvalue weighted by Gasteiger charge is -2.08. The highest BCUT2D eigenvalue weighted by atomic mass is 127. The third-order valence-electron chi connectivity index (χ3n) is 2.45. The van der Waals surface area contributed by atoms with Gasteiger partial charge in [0.25, 0.3) is 0 Å². The molecule has 2 aromatic rings. The molecule has 0 aromatic heterocycles. The van der Waals surface area contributed by atoms with E-state index in [1.54, 1.807) is 6.92 Å². The van der Waals surface area contributed by atoms with Crippen molar-refractivity contribution >= 4 is 33.4 Å². The smallest absolute Gasteiger partial charge is 0.141 e. The molecular formula is C12H7FIN. The number of benzene rings is 2. The average molecular weight is 311 g/mol. The van der Waals surface area contributed by atoms with Gasteiger partial charge in [-0.3, -0.25) is 0 Å². The first-order chi connectivity index (χ1) is 7.16. The summed E-state index contributed by atoms with van der Waals surface area (Å²) in [7, 11) is 0. The number of nitrogens with zero attached hydrogens (tertiary/aromatic N) is 1. The second kappa shape index (κ2) is 3.78. The molecule has 0 amide bonds. The molecule has 0 radical (unpaired) electrons. The maximum atomic E-state index is 13.7.